The fourth-order valence-electron chi connectivity index (χ4n) is 4.31. The van der Waals surface area contributed by atoms with E-state index >= 15 is 0 Å². The molecule has 7 amide bonds. The summed E-state index contributed by atoms with van der Waals surface area (Å²) in [5.41, 5.74) is 6.30. The molecule has 0 spiro atoms. The molecule has 0 aromatic heterocycles. The predicted molar refractivity (Wildman–Crippen MR) is 164 cm³/mol. The summed E-state index contributed by atoms with van der Waals surface area (Å²) in [6, 6.07) is 4.06. The molecule has 0 saturated heterocycles. The van der Waals surface area contributed by atoms with E-state index in [1.807, 2.05) is 0 Å². The molecule has 14 nitrogen and oxygen atoms in total. The zero-order valence-electron chi connectivity index (χ0n) is 25.4. The van der Waals surface area contributed by atoms with Crippen LogP contribution in [0, 0.1) is 5.92 Å². The van der Waals surface area contributed by atoms with Crippen molar-refractivity contribution in [3.8, 4) is 0 Å². The topological polar surface area (TPSA) is 206 Å². The van der Waals surface area contributed by atoms with Gasteiger partial charge in [0.1, 0.15) is 18.7 Å². The maximum absolute atomic E-state index is 13.3. The molecule has 1 aliphatic heterocycles. The summed E-state index contributed by atoms with van der Waals surface area (Å²) in [4.78, 5) is 85.6. The van der Waals surface area contributed by atoms with Crippen LogP contribution in [0.2, 0.25) is 0 Å². The highest BCUT2D eigenvalue weighted by atomic mass is 16.5. The maximum Gasteiger partial charge on any atom is 0.312 e. The third kappa shape index (κ3) is 12.7. The minimum Gasteiger partial charge on any atom is -0.469 e. The average Bonchev–Trinajstić information content (AvgIpc) is 3.28. The first-order chi connectivity index (χ1) is 20.9. The summed E-state index contributed by atoms with van der Waals surface area (Å²) in [5, 5.41) is 10.7. The fraction of sp³-hybridized carbons (Fsp3) is 0.483. The van der Waals surface area contributed by atoms with Gasteiger partial charge in [0.05, 0.1) is 0 Å². The normalized spacial score (nSPS) is 13.8. The molecule has 0 saturated carbocycles. The second kappa shape index (κ2) is 18.1. The molecule has 0 fully saturated rings. The molecule has 2 rings (SSSR count). The van der Waals surface area contributed by atoms with Gasteiger partial charge in [-0.15, -0.1) is 0 Å². The zero-order valence-corrected chi connectivity index (χ0v) is 25.4. The van der Waals surface area contributed by atoms with Crippen LogP contribution in [0.25, 0.3) is 0 Å². The van der Waals surface area contributed by atoms with Gasteiger partial charge in [-0.05, 0) is 49.3 Å². The molecule has 2 atom stereocenters. The zero-order chi connectivity index (χ0) is 32.6. The number of ether oxygens (including phenoxy) is 1. The van der Waals surface area contributed by atoms with E-state index in [1.54, 1.807) is 38.1 Å². The van der Waals surface area contributed by atoms with Crippen LogP contribution in [0.4, 0.5) is 15.3 Å². The van der Waals surface area contributed by atoms with Crippen molar-refractivity contribution in [2.24, 2.45) is 11.7 Å². The van der Waals surface area contributed by atoms with Crippen LogP contribution in [-0.2, 0) is 35.3 Å². The van der Waals surface area contributed by atoms with Gasteiger partial charge in [0, 0.05) is 37.3 Å². The van der Waals surface area contributed by atoms with Gasteiger partial charge in [0.2, 0.25) is 31.4 Å². The Kier molecular flexibility index (Phi) is 14.6. The highest BCUT2D eigenvalue weighted by molar-refractivity contribution is 6.55. The first-order valence-electron chi connectivity index (χ1n) is 14.6. The van der Waals surface area contributed by atoms with Gasteiger partial charge in [-0.2, -0.15) is 0 Å². The summed E-state index contributed by atoms with van der Waals surface area (Å²) >= 11 is 0. The van der Waals surface area contributed by atoms with E-state index < -0.39 is 35.8 Å². The molecule has 1 aliphatic rings. The van der Waals surface area contributed by atoms with Crippen LogP contribution in [-0.4, -0.2) is 79.4 Å². The molecule has 15 heteroatoms. The molecule has 44 heavy (non-hydrogen) atoms. The number of unbranched alkanes of at least 4 members (excludes halogenated alkanes) is 2. The molecule has 0 radical (unpaired) electrons. The summed E-state index contributed by atoms with van der Waals surface area (Å²) < 4.78 is 4.96. The molecular formula is C29H41BN6O8. The summed E-state index contributed by atoms with van der Waals surface area (Å²) in [5.74, 6) is -2.76. The quantitative estimate of drug-likeness (QED) is 0.0892. The standard InChI is InChI=1S/C29H41BN6O8/c1-18(2)25(35-22(37)8-4-3-5-16-36-23(38)13-14-24(36)39)27(41)34-21(7-6-15-32-29(31)43)26(40)33-20-11-9-19(10-12-20)17-44-28(30)42/h9-14,18,21,25H,3-8,15-17,30H2,1-2H3,(H,33,40)(H,34,41)(H,35,37)(H3,31,32,43)/t21-,25?/m0/s1. The van der Waals surface area contributed by atoms with Crippen molar-refractivity contribution in [3.05, 3.63) is 42.0 Å². The van der Waals surface area contributed by atoms with E-state index in [9.17, 15) is 33.6 Å². The van der Waals surface area contributed by atoms with E-state index in [1.165, 1.54) is 20.0 Å². The number of hydrogen-bond donors (Lipinski definition) is 5. The van der Waals surface area contributed by atoms with Crippen molar-refractivity contribution in [1.82, 2.24) is 20.9 Å². The van der Waals surface area contributed by atoms with Crippen molar-refractivity contribution in [3.63, 3.8) is 0 Å². The van der Waals surface area contributed by atoms with Gasteiger partial charge in [0.25, 0.3) is 11.8 Å². The number of amides is 7. The van der Waals surface area contributed by atoms with Crippen LogP contribution in [0.5, 0.6) is 0 Å². The Morgan fingerprint density at radius 2 is 1.57 bits per heavy atom. The first kappa shape index (κ1) is 35.5. The van der Waals surface area contributed by atoms with Crippen molar-refractivity contribution in [2.45, 2.75) is 71.1 Å². The largest absolute Gasteiger partial charge is 0.469 e. The smallest absolute Gasteiger partial charge is 0.312 e. The lowest BCUT2D eigenvalue weighted by Crippen LogP contribution is -2.54. The van der Waals surface area contributed by atoms with Crippen molar-refractivity contribution >= 4 is 55.0 Å². The first-order valence-corrected chi connectivity index (χ1v) is 14.6. The van der Waals surface area contributed by atoms with E-state index in [0.29, 0.717) is 31.4 Å². The number of nitrogens with zero attached hydrogens (tertiary/aromatic N) is 1. The SMILES string of the molecule is BC(=O)OCc1ccc(NC(=O)[C@H](CCCNC(N)=O)NC(=O)C(NC(=O)CCCCCN2C(=O)C=CC2=O)C(C)C)cc1. The summed E-state index contributed by atoms with van der Waals surface area (Å²) in [6.45, 7) is 4.11. The molecule has 6 N–H and O–H groups in total. The lowest BCUT2D eigenvalue weighted by molar-refractivity contribution is -0.137. The molecular weight excluding hydrogens is 571 g/mol. The van der Waals surface area contributed by atoms with Crippen molar-refractivity contribution in [2.75, 3.05) is 18.4 Å². The van der Waals surface area contributed by atoms with Crippen LogP contribution in [0.3, 0.4) is 0 Å². The second-order valence-electron chi connectivity index (χ2n) is 10.7. The van der Waals surface area contributed by atoms with Gasteiger partial charge in [-0.3, -0.25) is 33.7 Å². The Bertz CT molecular complexity index is 1220. The number of carbonyl (C=O) groups excluding carboxylic acids is 7. The average molecular weight is 612 g/mol. The molecule has 1 aromatic carbocycles. The Labute approximate surface area is 257 Å². The number of anilines is 1. The van der Waals surface area contributed by atoms with Gasteiger partial charge in [-0.25, -0.2) is 4.79 Å². The highest BCUT2D eigenvalue weighted by Crippen LogP contribution is 2.13. The number of urea groups is 1. The second-order valence-corrected chi connectivity index (χ2v) is 10.7. The number of benzene rings is 1. The fourth-order valence-corrected chi connectivity index (χ4v) is 4.31. The van der Waals surface area contributed by atoms with E-state index in [-0.39, 0.29) is 56.2 Å². The Hall–Kier alpha value is -4.69. The number of nitrogens with two attached hydrogens (primary N) is 1. The number of nitrogens with one attached hydrogen (secondary N) is 4. The Morgan fingerprint density at radius 1 is 0.909 bits per heavy atom. The number of imide groups is 1. The minimum absolute atomic E-state index is 0.0930. The molecule has 1 unspecified atom stereocenters. The van der Waals surface area contributed by atoms with Gasteiger partial charge in [-0.1, -0.05) is 32.4 Å². The van der Waals surface area contributed by atoms with Crippen LogP contribution in [0.15, 0.2) is 36.4 Å². The molecule has 1 aromatic rings. The Morgan fingerprint density at radius 3 is 2.16 bits per heavy atom. The van der Waals surface area contributed by atoms with Crippen molar-refractivity contribution in [1.29, 1.82) is 0 Å². The van der Waals surface area contributed by atoms with Gasteiger partial charge >= 0.3 is 6.03 Å². The van der Waals surface area contributed by atoms with Gasteiger partial charge < -0.3 is 31.7 Å². The lowest BCUT2D eigenvalue weighted by atomic mass is 10.0. The Balaban J connectivity index is 1.94. The monoisotopic (exact) mass is 612 g/mol. The van der Waals surface area contributed by atoms with Crippen LogP contribution in [0.1, 0.15) is 57.9 Å². The molecule has 0 bridgehead atoms. The third-order valence-electron chi connectivity index (χ3n) is 6.72. The highest BCUT2D eigenvalue weighted by Gasteiger charge is 2.29. The summed E-state index contributed by atoms with van der Waals surface area (Å²) in [7, 11) is 1.31. The number of carbonyl (C=O) groups is 7. The summed E-state index contributed by atoms with van der Waals surface area (Å²) in [6.07, 6.45) is 4.78. The third-order valence-corrected chi connectivity index (χ3v) is 6.72. The number of hydrogen-bond acceptors (Lipinski definition) is 8. The molecule has 1 heterocycles. The number of rotatable bonds is 18. The lowest BCUT2D eigenvalue weighted by Gasteiger charge is -2.25. The molecule has 238 valence electrons. The molecule has 0 aliphatic carbocycles. The van der Waals surface area contributed by atoms with E-state index in [0.717, 1.165) is 10.5 Å². The van der Waals surface area contributed by atoms with E-state index in [4.69, 9.17) is 10.5 Å². The van der Waals surface area contributed by atoms with E-state index in [2.05, 4.69) is 21.3 Å². The van der Waals surface area contributed by atoms with Crippen LogP contribution < -0.4 is 27.0 Å². The predicted octanol–water partition coefficient (Wildman–Crippen LogP) is 0.454. The minimum atomic E-state index is -0.985. The maximum atomic E-state index is 13.3. The number of primary amides is 1. The van der Waals surface area contributed by atoms with Gasteiger partial charge in [0.15, 0.2) is 0 Å². The van der Waals surface area contributed by atoms with Crippen LogP contribution >= 0.6 is 0 Å². The van der Waals surface area contributed by atoms with Crippen molar-refractivity contribution < 1.29 is 38.3 Å².